The van der Waals surface area contributed by atoms with E-state index >= 15 is 0 Å². The van der Waals surface area contributed by atoms with Gasteiger partial charge in [-0.1, -0.05) is 17.2 Å². The molecule has 0 fully saturated rings. The molecule has 0 bridgehead atoms. The van der Waals surface area contributed by atoms with Gasteiger partial charge in [-0.05, 0) is 38.8 Å². The summed E-state index contributed by atoms with van der Waals surface area (Å²) in [6, 6.07) is 4.40. The van der Waals surface area contributed by atoms with E-state index in [0.29, 0.717) is 19.4 Å². The molecule has 0 spiro atoms. The van der Waals surface area contributed by atoms with Crippen molar-refractivity contribution in [2.75, 3.05) is 13.1 Å². The van der Waals surface area contributed by atoms with Gasteiger partial charge in [0.1, 0.15) is 0 Å². The first-order valence-electron chi connectivity index (χ1n) is 8.13. The van der Waals surface area contributed by atoms with E-state index in [2.05, 4.69) is 10.6 Å². The highest BCUT2D eigenvalue weighted by atomic mass is 16.6. The molecule has 7 N–H and O–H groups in total. The molecule has 0 heterocycles. The Morgan fingerprint density at radius 1 is 1.15 bits per heavy atom. The van der Waals surface area contributed by atoms with Crippen LogP contribution in [0.3, 0.4) is 0 Å². The molecule has 142 valence electrons. The lowest BCUT2D eigenvalue weighted by atomic mass is 10.1. The van der Waals surface area contributed by atoms with Crippen molar-refractivity contribution >= 4 is 23.8 Å². The zero-order chi connectivity index (χ0) is 19.7. The molecule has 1 amide bonds. The minimum Gasteiger partial charge on any atom is -0.388 e. The van der Waals surface area contributed by atoms with Crippen molar-refractivity contribution in [1.82, 2.24) is 10.6 Å². The van der Waals surface area contributed by atoms with Crippen LogP contribution < -0.4 is 22.1 Å². The van der Waals surface area contributed by atoms with E-state index in [9.17, 15) is 14.4 Å². The third-order valence-electron chi connectivity index (χ3n) is 3.49. The second-order valence-corrected chi connectivity index (χ2v) is 5.96. The molecule has 0 aliphatic carbocycles. The van der Waals surface area contributed by atoms with Crippen LogP contribution in [0.1, 0.15) is 34.3 Å². The molecule has 9 nitrogen and oxygen atoms in total. The van der Waals surface area contributed by atoms with Crippen LogP contribution in [0, 0.1) is 19.3 Å². The summed E-state index contributed by atoms with van der Waals surface area (Å²) in [5.41, 5.74) is 12.5. The van der Waals surface area contributed by atoms with Gasteiger partial charge in [-0.25, -0.2) is 4.79 Å². The highest BCUT2D eigenvalue weighted by Gasteiger charge is 2.18. The Bertz CT molecular complexity index is 669. The Kier molecular flexibility index (Phi) is 8.23. The SMILES string of the molecule is Cc1cc(C)cc(C(=O)OC(=O)CN[C@@H](CCCNC(=N)N)C(N)=O)c1. The zero-order valence-corrected chi connectivity index (χ0v) is 14.9. The Labute approximate surface area is 152 Å². The van der Waals surface area contributed by atoms with Crippen LogP contribution in [0.15, 0.2) is 18.2 Å². The molecule has 0 aliphatic rings. The summed E-state index contributed by atoms with van der Waals surface area (Å²) in [7, 11) is 0. The number of primary amides is 1. The highest BCUT2D eigenvalue weighted by molar-refractivity contribution is 5.97. The van der Waals surface area contributed by atoms with Crippen molar-refractivity contribution in [2.45, 2.75) is 32.7 Å². The van der Waals surface area contributed by atoms with Crippen molar-refractivity contribution in [3.05, 3.63) is 34.9 Å². The second kappa shape index (κ2) is 10.1. The first-order valence-corrected chi connectivity index (χ1v) is 8.13. The van der Waals surface area contributed by atoms with Gasteiger partial charge >= 0.3 is 11.9 Å². The van der Waals surface area contributed by atoms with E-state index in [1.807, 2.05) is 19.9 Å². The number of esters is 2. The molecule has 0 aliphatic heterocycles. The molecule has 0 saturated heterocycles. The van der Waals surface area contributed by atoms with Crippen LogP contribution in [0.5, 0.6) is 0 Å². The van der Waals surface area contributed by atoms with Crippen molar-refractivity contribution in [3.8, 4) is 0 Å². The van der Waals surface area contributed by atoms with E-state index in [0.717, 1.165) is 11.1 Å². The van der Waals surface area contributed by atoms with Crippen molar-refractivity contribution in [3.63, 3.8) is 0 Å². The summed E-state index contributed by atoms with van der Waals surface area (Å²) in [5, 5.41) is 12.3. The number of nitrogens with two attached hydrogens (primary N) is 2. The maximum atomic E-state index is 12.0. The summed E-state index contributed by atoms with van der Waals surface area (Å²) >= 11 is 0. The van der Waals surface area contributed by atoms with Crippen LogP contribution in [0.4, 0.5) is 0 Å². The van der Waals surface area contributed by atoms with E-state index in [-0.39, 0.29) is 18.1 Å². The average Bonchev–Trinajstić information content (AvgIpc) is 2.52. The Morgan fingerprint density at radius 3 is 2.31 bits per heavy atom. The predicted octanol–water partition coefficient (Wildman–Crippen LogP) is -0.306. The second-order valence-electron chi connectivity index (χ2n) is 5.96. The molecular formula is C17H25N5O4. The Morgan fingerprint density at radius 2 is 1.77 bits per heavy atom. The summed E-state index contributed by atoms with van der Waals surface area (Å²) < 4.78 is 4.78. The fourth-order valence-corrected chi connectivity index (χ4v) is 2.37. The maximum Gasteiger partial charge on any atom is 0.345 e. The molecule has 0 unspecified atom stereocenters. The Hall–Kier alpha value is -2.94. The molecule has 9 heteroatoms. The smallest absolute Gasteiger partial charge is 0.345 e. The lowest BCUT2D eigenvalue weighted by Crippen LogP contribution is -2.44. The van der Waals surface area contributed by atoms with Gasteiger partial charge in [0.05, 0.1) is 18.2 Å². The summed E-state index contributed by atoms with van der Waals surface area (Å²) in [6.45, 7) is 3.75. The lowest BCUT2D eigenvalue weighted by molar-refractivity contribution is -0.137. The lowest BCUT2D eigenvalue weighted by Gasteiger charge is -2.15. The summed E-state index contributed by atoms with van der Waals surface area (Å²) in [6.07, 6.45) is 0.852. The summed E-state index contributed by atoms with van der Waals surface area (Å²) in [5.74, 6) is -2.34. The van der Waals surface area contributed by atoms with Crippen molar-refractivity contribution in [2.24, 2.45) is 11.5 Å². The number of carbonyl (C=O) groups excluding carboxylic acids is 3. The standard InChI is InChI=1S/C17H25N5O4/c1-10-6-11(2)8-12(7-10)16(25)26-14(23)9-22-13(15(18)24)4-3-5-21-17(19)20/h6-8,13,22H,3-5,9H2,1-2H3,(H2,18,24)(H4,19,20,21)/t13-/m0/s1. The topological polar surface area (TPSA) is 160 Å². The number of hydrogen-bond acceptors (Lipinski definition) is 6. The quantitative estimate of drug-likeness (QED) is 0.132. The van der Waals surface area contributed by atoms with Crippen LogP contribution in [0.25, 0.3) is 0 Å². The van der Waals surface area contributed by atoms with Crippen molar-refractivity contribution in [1.29, 1.82) is 5.41 Å². The molecular weight excluding hydrogens is 338 g/mol. The molecule has 0 radical (unpaired) electrons. The number of carbonyl (C=O) groups is 3. The third kappa shape index (κ3) is 7.75. The minimum absolute atomic E-state index is 0.165. The zero-order valence-electron chi connectivity index (χ0n) is 14.9. The molecule has 1 atom stereocenters. The summed E-state index contributed by atoms with van der Waals surface area (Å²) in [4.78, 5) is 35.3. The van der Waals surface area contributed by atoms with Crippen LogP contribution in [-0.4, -0.2) is 42.9 Å². The largest absolute Gasteiger partial charge is 0.388 e. The van der Waals surface area contributed by atoms with Gasteiger partial charge < -0.3 is 21.5 Å². The first-order chi connectivity index (χ1) is 12.2. The van der Waals surface area contributed by atoms with E-state index in [1.54, 1.807) is 12.1 Å². The van der Waals surface area contributed by atoms with E-state index < -0.39 is 23.9 Å². The minimum atomic E-state index is -0.803. The maximum absolute atomic E-state index is 12.0. The fourth-order valence-electron chi connectivity index (χ4n) is 2.37. The predicted molar refractivity (Wildman–Crippen MR) is 96.5 cm³/mol. The number of ether oxygens (including phenoxy) is 1. The van der Waals surface area contributed by atoms with Crippen molar-refractivity contribution < 1.29 is 19.1 Å². The normalized spacial score (nSPS) is 11.5. The van der Waals surface area contributed by atoms with Gasteiger partial charge in [0.15, 0.2) is 5.96 Å². The Balaban J connectivity index is 2.48. The van der Waals surface area contributed by atoms with Crippen LogP contribution in [-0.2, 0) is 14.3 Å². The number of benzene rings is 1. The number of rotatable bonds is 9. The molecule has 1 aromatic carbocycles. The van der Waals surface area contributed by atoms with Gasteiger partial charge in [0.2, 0.25) is 5.91 Å². The number of hydrogen-bond donors (Lipinski definition) is 5. The van der Waals surface area contributed by atoms with E-state index in [4.69, 9.17) is 21.6 Å². The van der Waals surface area contributed by atoms with Crippen LogP contribution in [0.2, 0.25) is 0 Å². The fraction of sp³-hybridized carbons (Fsp3) is 0.412. The van der Waals surface area contributed by atoms with Gasteiger partial charge in [-0.2, -0.15) is 0 Å². The molecule has 1 aromatic rings. The number of aryl methyl sites for hydroxylation is 2. The van der Waals surface area contributed by atoms with E-state index in [1.165, 1.54) is 0 Å². The average molecular weight is 363 g/mol. The number of amides is 1. The molecule has 26 heavy (non-hydrogen) atoms. The monoisotopic (exact) mass is 363 g/mol. The van der Waals surface area contributed by atoms with Crippen LogP contribution >= 0.6 is 0 Å². The van der Waals surface area contributed by atoms with Gasteiger partial charge in [-0.3, -0.25) is 20.3 Å². The number of guanidine groups is 1. The van der Waals surface area contributed by atoms with Gasteiger partial charge in [0, 0.05) is 6.54 Å². The highest BCUT2D eigenvalue weighted by Crippen LogP contribution is 2.10. The molecule has 1 rings (SSSR count). The van der Waals surface area contributed by atoms with Gasteiger partial charge in [-0.15, -0.1) is 0 Å². The first kappa shape index (κ1) is 21.1. The number of nitrogens with one attached hydrogen (secondary N) is 3. The van der Waals surface area contributed by atoms with Gasteiger partial charge in [0.25, 0.3) is 0 Å². The molecule has 0 saturated carbocycles. The molecule has 0 aromatic heterocycles. The third-order valence-corrected chi connectivity index (χ3v) is 3.49.